The van der Waals surface area contributed by atoms with Crippen LogP contribution in [0.5, 0.6) is 0 Å². The molecule has 1 amide bonds. The molecule has 4 rings (SSSR count). The lowest BCUT2D eigenvalue weighted by atomic mass is 9.78. The van der Waals surface area contributed by atoms with Gasteiger partial charge in [0.05, 0.1) is 0 Å². The fourth-order valence-electron chi connectivity index (χ4n) is 5.59. The summed E-state index contributed by atoms with van der Waals surface area (Å²) in [5.41, 5.74) is 1.39. The maximum atomic E-state index is 13.5. The van der Waals surface area contributed by atoms with Gasteiger partial charge >= 0.3 is 0 Å². The molecule has 0 radical (unpaired) electrons. The number of amides is 1. The van der Waals surface area contributed by atoms with Gasteiger partial charge in [-0.05, 0) is 88.1 Å². The van der Waals surface area contributed by atoms with E-state index in [9.17, 15) is 9.18 Å². The predicted octanol–water partition coefficient (Wildman–Crippen LogP) is 4.64. The molecule has 3 fully saturated rings. The molecule has 0 spiro atoms. The number of aryl methyl sites for hydroxylation is 1. The number of halogens is 1. The Bertz CT molecular complexity index is 654. The Balaban J connectivity index is 1.28. The average Bonchev–Trinajstić information content (AvgIpc) is 3.24. The molecule has 0 aromatic heterocycles. The van der Waals surface area contributed by atoms with Gasteiger partial charge < -0.3 is 9.80 Å². The number of carbonyl (C=O) groups excluding carboxylic acids is 1. The minimum absolute atomic E-state index is 0.00139. The van der Waals surface area contributed by atoms with Gasteiger partial charge in [-0.1, -0.05) is 18.9 Å². The number of hydrogen-bond donors (Lipinski definition) is 0. The van der Waals surface area contributed by atoms with Crippen LogP contribution in [0.3, 0.4) is 0 Å². The maximum Gasteiger partial charge on any atom is 0.254 e. The molecule has 4 heteroatoms. The molecule has 3 aliphatic rings. The maximum absolute atomic E-state index is 13.5. The zero-order valence-corrected chi connectivity index (χ0v) is 16.6. The van der Waals surface area contributed by atoms with E-state index in [1.807, 2.05) is 11.8 Å². The van der Waals surface area contributed by atoms with Gasteiger partial charge in [0.1, 0.15) is 5.82 Å². The minimum atomic E-state index is -0.326. The first-order chi connectivity index (χ1) is 13.1. The van der Waals surface area contributed by atoms with E-state index in [0.717, 1.165) is 49.4 Å². The molecule has 1 aliphatic carbocycles. The van der Waals surface area contributed by atoms with Crippen LogP contribution in [0.2, 0.25) is 0 Å². The molecule has 148 valence electrons. The summed E-state index contributed by atoms with van der Waals surface area (Å²) in [6.45, 7) is 6.08. The number of piperidine rings is 2. The highest BCUT2D eigenvalue weighted by molar-refractivity contribution is 5.95. The van der Waals surface area contributed by atoms with Crippen molar-refractivity contribution in [1.82, 2.24) is 9.80 Å². The van der Waals surface area contributed by atoms with E-state index in [1.165, 1.54) is 63.7 Å². The summed E-state index contributed by atoms with van der Waals surface area (Å²) in [6.07, 6.45) is 10.5. The molecule has 0 N–H and O–H groups in total. The summed E-state index contributed by atoms with van der Waals surface area (Å²) in [5.74, 6) is 1.26. The summed E-state index contributed by atoms with van der Waals surface area (Å²) in [5, 5.41) is 0. The first-order valence-electron chi connectivity index (χ1n) is 10.9. The minimum Gasteiger partial charge on any atom is -0.339 e. The summed E-state index contributed by atoms with van der Waals surface area (Å²) < 4.78 is 13.5. The van der Waals surface area contributed by atoms with E-state index in [4.69, 9.17) is 0 Å². The number of benzene rings is 1. The molecule has 0 atom stereocenters. The van der Waals surface area contributed by atoms with Gasteiger partial charge in [0.2, 0.25) is 0 Å². The highest BCUT2D eigenvalue weighted by Crippen LogP contribution is 2.35. The standard InChI is InChI=1S/C23H33FN2O/c1-17-6-7-20(24)16-22(17)23(27)26-14-10-19(11-15-26)18-8-12-25(13-9-18)21-4-2-3-5-21/h6-7,16,18-19,21H,2-5,8-15H2,1H3. The second-order valence-electron chi connectivity index (χ2n) is 8.90. The number of nitrogens with zero attached hydrogens (tertiary/aromatic N) is 2. The Labute approximate surface area is 162 Å². The number of carbonyl (C=O) groups is 1. The average molecular weight is 373 g/mol. The Morgan fingerprint density at radius 2 is 1.52 bits per heavy atom. The summed E-state index contributed by atoms with van der Waals surface area (Å²) in [6, 6.07) is 5.38. The summed E-state index contributed by atoms with van der Waals surface area (Å²) in [4.78, 5) is 17.5. The van der Waals surface area contributed by atoms with Crippen molar-refractivity contribution in [1.29, 1.82) is 0 Å². The van der Waals surface area contributed by atoms with Crippen molar-refractivity contribution in [3.63, 3.8) is 0 Å². The van der Waals surface area contributed by atoms with E-state index < -0.39 is 0 Å². The van der Waals surface area contributed by atoms with Crippen LogP contribution in [0.1, 0.15) is 67.3 Å². The normalized spacial score (nSPS) is 23.9. The largest absolute Gasteiger partial charge is 0.339 e. The van der Waals surface area contributed by atoms with E-state index in [-0.39, 0.29) is 11.7 Å². The topological polar surface area (TPSA) is 23.6 Å². The lowest BCUT2D eigenvalue weighted by Gasteiger charge is -2.42. The van der Waals surface area contributed by atoms with Gasteiger partial charge in [0, 0.05) is 24.7 Å². The first kappa shape index (κ1) is 18.9. The van der Waals surface area contributed by atoms with Crippen molar-refractivity contribution in [2.24, 2.45) is 11.8 Å². The van der Waals surface area contributed by atoms with E-state index in [1.54, 1.807) is 6.07 Å². The van der Waals surface area contributed by atoms with Gasteiger partial charge in [0.15, 0.2) is 0 Å². The van der Waals surface area contributed by atoms with Crippen LogP contribution in [0.15, 0.2) is 18.2 Å². The third kappa shape index (κ3) is 4.21. The van der Waals surface area contributed by atoms with Crippen molar-refractivity contribution in [2.45, 2.75) is 64.3 Å². The Morgan fingerprint density at radius 3 is 2.15 bits per heavy atom. The molecule has 27 heavy (non-hydrogen) atoms. The van der Waals surface area contributed by atoms with E-state index in [2.05, 4.69) is 4.90 Å². The van der Waals surface area contributed by atoms with Crippen LogP contribution in [0.25, 0.3) is 0 Å². The Hall–Kier alpha value is -1.42. The number of likely N-dealkylation sites (tertiary alicyclic amines) is 2. The van der Waals surface area contributed by atoms with Gasteiger partial charge in [0.25, 0.3) is 5.91 Å². The van der Waals surface area contributed by atoms with Crippen LogP contribution >= 0.6 is 0 Å². The molecule has 3 nitrogen and oxygen atoms in total. The van der Waals surface area contributed by atoms with Crippen LogP contribution in [-0.4, -0.2) is 47.9 Å². The monoisotopic (exact) mass is 372 g/mol. The SMILES string of the molecule is Cc1ccc(F)cc1C(=O)N1CCC(C2CCN(C3CCCC3)CC2)CC1. The molecular weight excluding hydrogens is 339 g/mol. The Kier molecular flexibility index (Phi) is 5.82. The van der Waals surface area contributed by atoms with Crippen molar-refractivity contribution in [2.75, 3.05) is 26.2 Å². The molecular formula is C23H33FN2O. The zero-order valence-electron chi connectivity index (χ0n) is 16.6. The van der Waals surface area contributed by atoms with Gasteiger partial charge in [-0.25, -0.2) is 4.39 Å². The van der Waals surface area contributed by atoms with Crippen LogP contribution < -0.4 is 0 Å². The van der Waals surface area contributed by atoms with Crippen molar-refractivity contribution in [3.8, 4) is 0 Å². The molecule has 2 aliphatic heterocycles. The van der Waals surface area contributed by atoms with Crippen molar-refractivity contribution in [3.05, 3.63) is 35.1 Å². The van der Waals surface area contributed by atoms with Crippen molar-refractivity contribution < 1.29 is 9.18 Å². The second-order valence-corrected chi connectivity index (χ2v) is 8.90. The lowest BCUT2D eigenvalue weighted by molar-refractivity contribution is 0.0565. The highest BCUT2D eigenvalue weighted by Gasteiger charge is 2.33. The third-order valence-corrected chi connectivity index (χ3v) is 7.34. The molecule has 2 heterocycles. The molecule has 1 aromatic rings. The van der Waals surface area contributed by atoms with Crippen LogP contribution in [-0.2, 0) is 0 Å². The molecule has 0 unspecified atom stereocenters. The molecule has 2 saturated heterocycles. The zero-order chi connectivity index (χ0) is 18.8. The van der Waals surface area contributed by atoms with Gasteiger partial charge in [-0.3, -0.25) is 4.79 Å². The quantitative estimate of drug-likeness (QED) is 0.772. The van der Waals surface area contributed by atoms with Crippen molar-refractivity contribution >= 4 is 5.91 Å². The number of hydrogen-bond acceptors (Lipinski definition) is 2. The summed E-state index contributed by atoms with van der Waals surface area (Å²) in [7, 11) is 0. The van der Waals surface area contributed by atoms with Gasteiger partial charge in [-0.2, -0.15) is 0 Å². The molecule has 1 aromatic carbocycles. The predicted molar refractivity (Wildman–Crippen MR) is 106 cm³/mol. The number of rotatable bonds is 3. The third-order valence-electron chi connectivity index (χ3n) is 7.34. The van der Waals surface area contributed by atoms with E-state index >= 15 is 0 Å². The fourth-order valence-corrected chi connectivity index (χ4v) is 5.59. The summed E-state index contributed by atoms with van der Waals surface area (Å²) >= 11 is 0. The first-order valence-corrected chi connectivity index (χ1v) is 10.9. The van der Waals surface area contributed by atoms with Crippen LogP contribution in [0, 0.1) is 24.6 Å². The van der Waals surface area contributed by atoms with Crippen LogP contribution in [0.4, 0.5) is 4.39 Å². The highest BCUT2D eigenvalue weighted by atomic mass is 19.1. The molecule has 1 saturated carbocycles. The van der Waals surface area contributed by atoms with Gasteiger partial charge in [-0.15, -0.1) is 0 Å². The lowest BCUT2D eigenvalue weighted by Crippen LogP contribution is -2.44. The Morgan fingerprint density at radius 1 is 0.926 bits per heavy atom. The fraction of sp³-hybridized carbons (Fsp3) is 0.696. The second kappa shape index (κ2) is 8.30. The van der Waals surface area contributed by atoms with E-state index in [0.29, 0.717) is 5.56 Å². The smallest absolute Gasteiger partial charge is 0.254 e. The molecule has 0 bridgehead atoms.